The largest absolute Gasteiger partial charge is 0.354 e. The van der Waals surface area contributed by atoms with Gasteiger partial charge in [-0.15, -0.1) is 11.8 Å². The van der Waals surface area contributed by atoms with Crippen molar-refractivity contribution >= 4 is 23.6 Å². The van der Waals surface area contributed by atoms with Crippen LogP contribution in [0.4, 0.5) is 0 Å². The van der Waals surface area contributed by atoms with Crippen LogP contribution in [0.2, 0.25) is 0 Å². The molecule has 2 aromatic carbocycles. The summed E-state index contributed by atoms with van der Waals surface area (Å²) in [5, 5.41) is 3.02. The van der Waals surface area contributed by atoms with Crippen LogP contribution in [0.1, 0.15) is 49.4 Å². The van der Waals surface area contributed by atoms with Crippen LogP contribution in [0.15, 0.2) is 48.5 Å². The molecule has 0 saturated carbocycles. The number of hydrogen-bond acceptors (Lipinski definition) is 3. The number of amides is 2. The molecule has 31 heavy (non-hydrogen) atoms. The minimum Gasteiger partial charge on any atom is -0.354 e. The summed E-state index contributed by atoms with van der Waals surface area (Å²) in [4.78, 5) is 28.0. The van der Waals surface area contributed by atoms with Crippen LogP contribution in [0, 0.1) is 19.8 Å². The number of carbonyl (C=O) groups excluding carboxylic acids is 2. The molecular formula is C26H36N2O2S. The van der Waals surface area contributed by atoms with E-state index in [9.17, 15) is 9.59 Å². The van der Waals surface area contributed by atoms with Gasteiger partial charge in [0, 0.05) is 18.8 Å². The number of aryl methyl sites for hydroxylation is 2. The van der Waals surface area contributed by atoms with Crippen molar-refractivity contribution in [2.75, 3.05) is 12.3 Å². The van der Waals surface area contributed by atoms with Crippen molar-refractivity contribution in [1.29, 1.82) is 0 Å². The van der Waals surface area contributed by atoms with Gasteiger partial charge in [0.25, 0.3) is 0 Å². The SMILES string of the molecule is CC[C@H](C(=O)NCC(C)C)N(Cc1ccccc1C)C(=O)CSCc1ccccc1C. The molecule has 0 aliphatic carbocycles. The summed E-state index contributed by atoms with van der Waals surface area (Å²) in [6, 6.07) is 15.8. The molecule has 0 aliphatic rings. The molecule has 0 fully saturated rings. The molecule has 0 bridgehead atoms. The van der Waals surface area contributed by atoms with E-state index >= 15 is 0 Å². The quantitative estimate of drug-likeness (QED) is 0.528. The van der Waals surface area contributed by atoms with Crippen molar-refractivity contribution in [1.82, 2.24) is 10.2 Å². The lowest BCUT2D eigenvalue weighted by molar-refractivity contribution is -0.139. The van der Waals surface area contributed by atoms with Gasteiger partial charge < -0.3 is 10.2 Å². The fourth-order valence-corrected chi connectivity index (χ4v) is 4.40. The highest BCUT2D eigenvalue weighted by molar-refractivity contribution is 7.99. The summed E-state index contributed by atoms with van der Waals surface area (Å²) in [7, 11) is 0. The number of rotatable bonds is 11. The number of carbonyl (C=O) groups is 2. The van der Waals surface area contributed by atoms with Gasteiger partial charge in [-0.3, -0.25) is 9.59 Å². The lowest BCUT2D eigenvalue weighted by atomic mass is 10.1. The molecule has 0 spiro atoms. The first-order valence-electron chi connectivity index (χ1n) is 11.1. The lowest BCUT2D eigenvalue weighted by Crippen LogP contribution is -2.50. The van der Waals surface area contributed by atoms with Crippen molar-refractivity contribution in [2.24, 2.45) is 5.92 Å². The van der Waals surface area contributed by atoms with Gasteiger partial charge in [-0.25, -0.2) is 0 Å². The van der Waals surface area contributed by atoms with Crippen LogP contribution in [0.25, 0.3) is 0 Å². The maximum absolute atomic E-state index is 13.3. The van der Waals surface area contributed by atoms with Crippen LogP contribution >= 0.6 is 11.8 Å². The van der Waals surface area contributed by atoms with Crippen molar-refractivity contribution < 1.29 is 9.59 Å². The third-order valence-corrected chi connectivity index (χ3v) is 6.38. The van der Waals surface area contributed by atoms with Gasteiger partial charge in [-0.1, -0.05) is 69.3 Å². The molecule has 4 nitrogen and oxygen atoms in total. The molecular weight excluding hydrogens is 404 g/mol. The molecule has 0 unspecified atom stereocenters. The molecule has 2 amide bonds. The number of nitrogens with zero attached hydrogens (tertiary/aromatic N) is 1. The van der Waals surface area contributed by atoms with Gasteiger partial charge in [0.2, 0.25) is 11.8 Å². The summed E-state index contributed by atoms with van der Waals surface area (Å²) in [6.45, 7) is 11.3. The Morgan fingerprint density at radius 1 is 0.968 bits per heavy atom. The fourth-order valence-electron chi connectivity index (χ4n) is 3.42. The third-order valence-electron chi connectivity index (χ3n) is 5.42. The first-order valence-corrected chi connectivity index (χ1v) is 12.2. The Hall–Kier alpha value is -2.27. The smallest absolute Gasteiger partial charge is 0.242 e. The van der Waals surface area contributed by atoms with E-state index in [0.29, 0.717) is 31.2 Å². The fraction of sp³-hybridized carbons (Fsp3) is 0.462. The molecule has 2 aromatic rings. The van der Waals surface area contributed by atoms with Crippen molar-refractivity contribution in [3.63, 3.8) is 0 Å². The Balaban J connectivity index is 2.14. The Kier molecular flexibility index (Phi) is 10.1. The van der Waals surface area contributed by atoms with Crippen molar-refractivity contribution in [3.8, 4) is 0 Å². The molecule has 1 N–H and O–H groups in total. The molecule has 1 atom stereocenters. The van der Waals surface area contributed by atoms with Crippen LogP contribution < -0.4 is 5.32 Å². The topological polar surface area (TPSA) is 49.4 Å². The van der Waals surface area contributed by atoms with Gasteiger partial charge >= 0.3 is 0 Å². The highest BCUT2D eigenvalue weighted by Crippen LogP contribution is 2.20. The molecule has 0 saturated heterocycles. The summed E-state index contributed by atoms with van der Waals surface area (Å²) < 4.78 is 0. The number of thioether (sulfide) groups is 1. The number of nitrogens with one attached hydrogen (secondary N) is 1. The predicted octanol–water partition coefficient (Wildman–Crippen LogP) is 5.12. The van der Waals surface area contributed by atoms with E-state index in [4.69, 9.17) is 0 Å². The Morgan fingerprint density at radius 2 is 1.55 bits per heavy atom. The number of hydrogen-bond donors (Lipinski definition) is 1. The molecule has 2 rings (SSSR count). The summed E-state index contributed by atoms with van der Waals surface area (Å²) in [5.74, 6) is 1.45. The number of benzene rings is 2. The second-order valence-corrected chi connectivity index (χ2v) is 9.42. The molecule has 0 radical (unpaired) electrons. The monoisotopic (exact) mass is 440 g/mol. The van der Waals surface area contributed by atoms with Crippen LogP contribution in [0.5, 0.6) is 0 Å². The van der Waals surface area contributed by atoms with E-state index < -0.39 is 6.04 Å². The normalized spacial score (nSPS) is 11.9. The van der Waals surface area contributed by atoms with Crippen molar-refractivity contribution in [3.05, 3.63) is 70.8 Å². The summed E-state index contributed by atoms with van der Waals surface area (Å²) >= 11 is 1.61. The Labute approximate surface area is 191 Å². The second-order valence-electron chi connectivity index (χ2n) is 8.43. The van der Waals surface area contributed by atoms with E-state index in [2.05, 4.69) is 38.2 Å². The molecule has 168 valence electrons. The molecule has 0 aromatic heterocycles. The maximum Gasteiger partial charge on any atom is 0.242 e. The van der Waals surface area contributed by atoms with E-state index in [1.54, 1.807) is 16.7 Å². The van der Waals surface area contributed by atoms with Gasteiger partial charge in [0.15, 0.2) is 0 Å². The van der Waals surface area contributed by atoms with E-state index in [0.717, 1.165) is 16.9 Å². The van der Waals surface area contributed by atoms with Gasteiger partial charge in [0.1, 0.15) is 6.04 Å². The standard InChI is InChI=1S/C26H36N2O2S/c1-6-24(26(30)27-15-19(2)3)28(16-22-13-9-7-11-20(22)4)25(29)18-31-17-23-14-10-8-12-21(23)5/h7-14,19,24H,6,15-18H2,1-5H3,(H,27,30)/t24-/m1/s1. The minimum atomic E-state index is -0.468. The van der Waals surface area contributed by atoms with E-state index in [1.807, 2.05) is 50.2 Å². The highest BCUT2D eigenvalue weighted by atomic mass is 32.2. The van der Waals surface area contributed by atoms with E-state index in [1.165, 1.54) is 11.1 Å². The summed E-state index contributed by atoms with van der Waals surface area (Å²) in [6.07, 6.45) is 0.587. The minimum absolute atomic E-state index is 0.00776. The Bertz CT molecular complexity index is 866. The van der Waals surface area contributed by atoms with Gasteiger partial charge in [-0.05, 0) is 48.4 Å². The predicted molar refractivity (Wildman–Crippen MR) is 131 cm³/mol. The lowest BCUT2D eigenvalue weighted by Gasteiger charge is -2.31. The zero-order chi connectivity index (χ0) is 22.8. The summed E-state index contributed by atoms with van der Waals surface area (Å²) in [5.41, 5.74) is 4.69. The third kappa shape index (κ3) is 7.73. The maximum atomic E-state index is 13.3. The van der Waals surface area contributed by atoms with Crippen LogP contribution in [-0.2, 0) is 21.9 Å². The molecule has 0 heterocycles. The first-order chi connectivity index (χ1) is 14.8. The van der Waals surface area contributed by atoms with Gasteiger partial charge in [-0.2, -0.15) is 0 Å². The Morgan fingerprint density at radius 3 is 2.10 bits per heavy atom. The second kappa shape index (κ2) is 12.6. The van der Waals surface area contributed by atoms with Crippen LogP contribution in [-0.4, -0.2) is 35.1 Å². The zero-order valence-electron chi connectivity index (χ0n) is 19.5. The average molecular weight is 441 g/mol. The van der Waals surface area contributed by atoms with Gasteiger partial charge in [0.05, 0.1) is 5.75 Å². The highest BCUT2D eigenvalue weighted by Gasteiger charge is 2.28. The zero-order valence-corrected chi connectivity index (χ0v) is 20.3. The van der Waals surface area contributed by atoms with Crippen molar-refractivity contribution in [2.45, 2.75) is 59.4 Å². The van der Waals surface area contributed by atoms with Crippen LogP contribution in [0.3, 0.4) is 0 Å². The average Bonchev–Trinajstić information content (AvgIpc) is 2.74. The first kappa shape index (κ1) is 25.0. The molecule has 0 aliphatic heterocycles. The van der Waals surface area contributed by atoms with E-state index in [-0.39, 0.29) is 11.8 Å². The molecule has 5 heteroatoms.